The van der Waals surface area contributed by atoms with E-state index in [1.807, 2.05) is 18.2 Å². The van der Waals surface area contributed by atoms with Gasteiger partial charge in [-0.2, -0.15) is 0 Å². The largest absolute Gasteiger partial charge is 0.497 e. The Morgan fingerprint density at radius 3 is 2.96 bits per heavy atom. The van der Waals surface area contributed by atoms with E-state index < -0.39 is 0 Å². The van der Waals surface area contributed by atoms with Crippen molar-refractivity contribution >= 4 is 16.8 Å². The summed E-state index contributed by atoms with van der Waals surface area (Å²) in [4.78, 5) is 15.3. The van der Waals surface area contributed by atoms with Gasteiger partial charge < -0.3 is 24.5 Å². The van der Waals surface area contributed by atoms with Crippen LogP contribution in [0.2, 0.25) is 0 Å². The van der Waals surface area contributed by atoms with Gasteiger partial charge in [0.25, 0.3) is 0 Å². The molecule has 0 saturated heterocycles. The summed E-state index contributed by atoms with van der Waals surface area (Å²) in [5.41, 5.74) is 3.58. The summed E-state index contributed by atoms with van der Waals surface area (Å²) in [5, 5.41) is 4.20. The van der Waals surface area contributed by atoms with Crippen LogP contribution in [-0.2, 0) is 27.1 Å². The molecule has 1 aliphatic carbocycles. The quantitative estimate of drug-likeness (QED) is 0.758. The summed E-state index contributed by atoms with van der Waals surface area (Å²) in [6, 6.07) is 6.14. The Labute approximate surface area is 135 Å². The van der Waals surface area contributed by atoms with E-state index in [1.165, 1.54) is 16.6 Å². The number of amides is 1. The zero-order valence-electron chi connectivity index (χ0n) is 13.5. The van der Waals surface area contributed by atoms with Gasteiger partial charge in [0.2, 0.25) is 5.91 Å². The van der Waals surface area contributed by atoms with E-state index in [0.717, 1.165) is 24.1 Å². The second-order valence-corrected chi connectivity index (χ2v) is 5.71. The van der Waals surface area contributed by atoms with Crippen LogP contribution in [0.25, 0.3) is 10.9 Å². The second-order valence-electron chi connectivity index (χ2n) is 5.71. The number of rotatable bonds is 7. The number of aromatic nitrogens is 1. The molecule has 6 heteroatoms. The van der Waals surface area contributed by atoms with Crippen molar-refractivity contribution in [2.75, 3.05) is 34.0 Å². The summed E-state index contributed by atoms with van der Waals surface area (Å²) >= 11 is 0. The molecule has 1 amide bonds. The number of H-pyrrole nitrogens is 1. The number of methoxy groups -OCH3 is 2. The molecule has 0 spiro atoms. The molecule has 2 aromatic rings. The molecule has 1 unspecified atom stereocenters. The fourth-order valence-corrected chi connectivity index (χ4v) is 3.06. The van der Waals surface area contributed by atoms with Crippen LogP contribution in [0.15, 0.2) is 18.2 Å². The fourth-order valence-electron chi connectivity index (χ4n) is 3.06. The molecular formula is C17H22N2O4. The van der Waals surface area contributed by atoms with Crippen molar-refractivity contribution in [1.29, 1.82) is 0 Å². The Morgan fingerprint density at radius 2 is 2.17 bits per heavy atom. The third kappa shape index (κ3) is 3.48. The van der Waals surface area contributed by atoms with Crippen molar-refractivity contribution in [3.8, 4) is 5.75 Å². The van der Waals surface area contributed by atoms with E-state index in [0.29, 0.717) is 13.2 Å². The van der Waals surface area contributed by atoms with Crippen LogP contribution in [-0.4, -0.2) is 51.0 Å². The fraction of sp³-hybridized carbons (Fsp3) is 0.471. The van der Waals surface area contributed by atoms with E-state index in [9.17, 15) is 4.79 Å². The molecule has 23 heavy (non-hydrogen) atoms. The topological polar surface area (TPSA) is 72.6 Å². The maximum atomic E-state index is 11.9. The molecule has 1 aliphatic rings. The van der Waals surface area contributed by atoms with Gasteiger partial charge in [0.05, 0.1) is 20.3 Å². The highest BCUT2D eigenvalue weighted by molar-refractivity contribution is 5.87. The van der Waals surface area contributed by atoms with Gasteiger partial charge in [-0.1, -0.05) is 0 Å². The molecule has 1 aromatic heterocycles. The lowest BCUT2D eigenvalue weighted by atomic mass is 10.1. The van der Waals surface area contributed by atoms with E-state index in [4.69, 9.17) is 14.2 Å². The van der Waals surface area contributed by atoms with Gasteiger partial charge >= 0.3 is 0 Å². The summed E-state index contributed by atoms with van der Waals surface area (Å²) in [7, 11) is 3.27. The van der Waals surface area contributed by atoms with Crippen LogP contribution in [0.1, 0.15) is 11.3 Å². The molecule has 0 fully saturated rings. The van der Waals surface area contributed by atoms with Crippen LogP contribution in [0.3, 0.4) is 0 Å². The smallest absolute Gasteiger partial charge is 0.246 e. The Morgan fingerprint density at radius 1 is 1.30 bits per heavy atom. The lowest BCUT2D eigenvalue weighted by Crippen LogP contribution is -2.38. The molecule has 6 nitrogen and oxygen atoms in total. The molecule has 0 bridgehead atoms. The second kappa shape index (κ2) is 7.02. The SMILES string of the molecule is COCCOCC(=O)NC1Cc2[nH]c3ccc(OC)cc3c2C1. The van der Waals surface area contributed by atoms with Gasteiger partial charge in [0, 0.05) is 36.2 Å². The number of hydrogen-bond acceptors (Lipinski definition) is 4. The number of ether oxygens (including phenoxy) is 3. The van der Waals surface area contributed by atoms with E-state index >= 15 is 0 Å². The molecule has 0 radical (unpaired) electrons. The van der Waals surface area contributed by atoms with Gasteiger partial charge in [-0.05, 0) is 30.2 Å². The number of carbonyl (C=O) groups excluding carboxylic acids is 1. The number of aromatic amines is 1. The Kier molecular flexibility index (Phi) is 4.83. The molecule has 0 aliphatic heterocycles. The van der Waals surface area contributed by atoms with Crippen LogP contribution >= 0.6 is 0 Å². The van der Waals surface area contributed by atoms with Crippen LogP contribution in [0, 0.1) is 0 Å². The summed E-state index contributed by atoms with van der Waals surface area (Å²) in [6.07, 6.45) is 1.64. The summed E-state index contributed by atoms with van der Waals surface area (Å²) in [5.74, 6) is 0.761. The zero-order valence-corrected chi connectivity index (χ0v) is 13.5. The molecule has 1 aromatic carbocycles. The monoisotopic (exact) mass is 318 g/mol. The third-order valence-electron chi connectivity index (χ3n) is 4.13. The van der Waals surface area contributed by atoms with Crippen molar-refractivity contribution in [2.24, 2.45) is 0 Å². The third-order valence-corrected chi connectivity index (χ3v) is 4.13. The number of carbonyl (C=O) groups is 1. The number of fused-ring (bicyclic) bond motifs is 3. The molecule has 1 heterocycles. The first kappa shape index (κ1) is 15.8. The van der Waals surface area contributed by atoms with E-state index in [1.54, 1.807) is 14.2 Å². The summed E-state index contributed by atoms with van der Waals surface area (Å²) < 4.78 is 15.4. The standard InChI is InChI=1S/C17H22N2O4/c1-21-5-6-23-10-17(20)18-11-7-13-14-9-12(22-2)3-4-15(14)19-16(13)8-11/h3-4,9,11,19H,5-8,10H2,1-2H3,(H,18,20). The van der Waals surface area contributed by atoms with Crippen LogP contribution < -0.4 is 10.1 Å². The van der Waals surface area contributed by atoms with Gasteiger partial charge in [0.15, 0.2) is 0 Å². The number of nitrogens with one attached hydrogen (secondary N) is 2. The molecular weight excluding hydrogens is 296 g/mol. The molecule has 3 rings (SSSR count). The van der Waals surface area contributed by atoms with Gasteiger partial charge in [-0.25, -0.2) is 0 Å². The average Bonchev–Trinajstić information content (AvgIpc) is 3.08. The van der Waals surface area contributed by atoms with Gasteiger partial charge in [-0.3, -0.25) is 4.79 Å². The van der Waals surface area contributed by atoms with Crippen molar-refractivity contribution in [1.82, 2.24) is 10.3 Å². The van der Waals surface area contributed by atoms with Crippen LogP contribution in [0.5, 0.6) is 5.75 Å². The Balaban J connectivity index is 1.60. The molecule has 1 atom stereocenters. The highest BCUT2D eigenvalue weighted by atomic mass is 16.5. The van der Waals surface area contributed by atoms with Crippen molar-refractivity contribution in [3.63, 3.8) is 0 Å². The highest BCUT2D eigenvalue weighted by Crippen LogP contribution is 2.32. The lowest BCUT2D eigenvalue weighted by Gasteiger charge is -2.12. The van der Waals surface area contributed by atoms with E-state index in [2.05, 4.69) is 10.3 Å². The Bertz CT molecular complexity index is 695. The number of benzene rings is 1. The normalized spacial score (nSPS) is 16.5. The zero-order chi connectivity index (χ0) is 16.2. The molecule has 124 valence electrons. The van der Waals surface area contributed by atoms with Crippen molar-refractivity contribution < 1.29 is 19.0 Å². The van der Waals surface area contributed by atoms with Crippen LogP contribution in [0.4, 0.5) is 0 Å². The lowest BCUT2D eigenvalue weighted by molar-refractivity contribution is -0.126. The van der Waals surface area contributed by atoms with E-state index in [-0.39, 0.29) is 18.6 Å². The first-order chi connectivity index (χ1) is 11.2. The maximum Gasteiger partial charge on any atom is 0.246 e. The number of hydrogen-bond donors (Lipinski definition) is 2. The Hall–Kier alpha value is -2.05. The van der Waals surface area contributed by atoms with Crippen molar-refractivity contribution in [2.45, 2.75) is 18.9 Å². The highest BCUT2D eigenvalue weighted by Gasteiger charge is 2.26. The minimum atomic E-state index is -0.0851. The predicted molar refractivity (Wildman–Crippen MR) is 86.9 cm³/mol. The minimum absolute atomic E-state index is 0.0718. The van der Waals surface area contributed by atoms with Gasteiger partial charge in [0.1, 0.15) is 12.4 Å². The average molecular weight is 318 g/mol. The molecule has 2 N–H and O–H groups in total. The summed E-state index contributed by atoms with van der Waals surface area (Å²) in [6.45, 7) is 0.996. The minimum Gasteiger partial charge on any atom is -0.497 e. The first-order valence-corrected chi connectivity index (χ1v) is 7.74. The maximum absolute atomic E-state index is 11.9. The first-order valence-electron chi connectivity index (χ1n) is 7.74. The van der Waals surface area contributed by atoms with Crippen molar-refractivity contribution in [3.05, 3.63) is 29.5 Å². The molecule has 0 saturated carbocycles. The predicted octanol–water partition coefficient (Wildman–Crippen LogP) is 1.42. The van der Waals surface area contributed by atoms with Gasteiger partial charge in [-0.15, -0.1) is 0 Å².